The number of aromatic nitrogens is 2. The van der Waals surface area contributed by atoms with Crippen LogP contribution in [0.15, 0.2) is 41.8 Å². The number of rotatable bonds is 5. The van der Waals surface area contributed by atoms with E-state index in [-0.39, 0.29) is 17.6 Å². The summed E-state index contributed by atoms with van der Waals surface area (Å²) in [6, 6.07) is 7.38. The SMILES string of the molecule is CC(C)n1cnc(S(=O)(=O)N(C)Cc2ccccc2N)c1. The third kappa shape index (κ3) is 3.25. The van der Waals surface area contributed by atoms with E-state index in [1.54, 1.807) is 16.8 Å². The summed E-state index contributed by atoms with van der Waals surface area (Å²) in [4.78, 5) is 4.00. The normalized spacial score (nSPS) is 12.2. The predicted molar refractivity (Wildman–Crippen MR) is 82.1 cm³/mol. The summed E-state index contributed by atoms with van der Waals surface area (Å²) in [5.74, 6) is 0. The highest BCUT2D eigenvalue weighted by Crippen LogP contribution is 2.19. The summed E-state index contributed by atoms with van der Waals surface area (Å²) in [6.07, 6.45) is 3.08. The smallest absolute Gasteiger partial charge is 0.262 e. The van der Waals surface area contributed by atoms with E-state index in [1.165, 1.54) is 17.7 Å². The Hall–Kier alpha value is -1.86. The summed E-state index contributed by atoms with van der Waals surface area (Å²) in [6.45, 7) is 4.14. The third-order valence-electron chi connectivity index (χ3n) is 3.30. The summed E-state index contributed by atoms with van der Waals surface area (Å²) in [7, 11) is -2.10. The van der Waals surface area contributed by atoms with Crippen molar-refractivity contribution in [3.8, 4) is 0 Å². The average Bonchev–Trinajstić information content (AvgIpc) is 2.91. The molecule has 21 heavy (non-hydrogen) atoms. The van der Waals surface area contributed by atoms with Gasteiger partial charge < -0.3 is 10.3 Å². The molecule has 0 aliphatic heterocycles. The molecule has 0 fully saturated rings. The number of benzene rings is 1. The Morgan fingerprint density at radius 3 is 2.57 bits per heavy atom. The molecule has 0 radical (unpaired) electrons. The molecule has 2 aromatic rings. The lowest BCUT2D eigenvalue weighted by atomic mass is 10.2. The number of nitrogens with two attached hydrogens (primary N) is 1. The van der Waals surface area contributed by atoms with Gasteiger partial charge in [-0.25, -0.2) is 13.4 Å². The van der Waals surface area contributed by atoms with E-state index < -0.39 is 10.0 Å². The van der Waals surface area contributed by atoms with Crippen molar-refractivity contribution in [2.45, 2.75) is 31.5 Å². The fourth-order valence-corrected chi connectivity index (χ4v) is 2.96. The Labute approximate surface area is 125 Å². The summed E-state index contributed by atoms with van der Waals surface area (Å²) < 4.78 is 28.0. The van der Waals surface area contributed by atoms with Crippen LogP contribution >= 0.6 is 0 Å². The molecule has 0 atom stereocenters. The fourth-order valence-electron chi connectivity index (χ4n) is 1.90. The molecule has 1 aromatic heterocycles. The fraction of sp³-hybridized carbons (Fsp3) is 0.357. The van der Waals surface area contributed by atoms with Crippen molar-refractivity contribution < 1.29 is 8.42 Å². The van der Waals surface area contributed by atoms with Gasteiger partial charge in [-0.05, 0) is 25.5 Å². The van der Waals surface area contributed by atoms with Crippen molar-refractivity contribution in [2.24, 2.45) is 0 Å². The van der Waals surface area contributed by atoms with Gasteiger partial charge in [0.25, 0.3) is 10.0 Å². The van der Waals surface area contributed by atoms with Crippen LogP contribution < -0.4 is 5.73 Å². The van der Waals surface area contributed by atoms with E-state index >= 15 is 0 Å². The molecule has 0 unspecified atom stereocenters. The second-order valence-corrected chi connectivity index (χ2v) is 7.20. The van der Waals surface area contributed by atoms with E-state index in [4.69, 9.17) is 5.73 Å². The van der Waals surface area contributed by atoms with Gasteiger partial charge in [-0.2, -0.15) is 4.31 Å². The van der Waals surface area contributed by atoms with Crippen LogP contribution in [0.3, 0.4) is 0 Å². The minimum atomic E-state index is -3.62. The molecule has 0 aliphatic carbocycles. The number of hydrogen-bond donors (Lipinski definition) is 1. The Bertz CT molecular complexity index is 722. The van der Waals surface area contributed by atoms with Crippen LogP contribution in [0.2, 0.25) is 0 Å². The molecule has 7 heteroatoms. The van der Waals surface area contributed by atoms with Gasteiger partial charge in [0.05, 0.1) is 6.33 Å². The second kappa shape index (κ2) is 5.87. The van der Waals surface area contributed by atoms with E-state index in [1.807, 2.05) is 32.0 Å². The van der Waals surface area contributed by atoms with E-state index in [9.17, 15) is 8.42 Å². The Morgan fingerprint density at radius 1 is 1.33 bits per heavy atom. The van der Waals surface area contributed by atoms with Crippen molar-refractivity contribution in [1.29, 1.82) is 0 Å². The molecule has 0 saturated carbocycles. The zero-order chi connectivity index (χ0) is 15.6. The van der Waals surface area contributed by atoms with Crippen LogP contribution in [0.1, 0.15) is 25.5 Å². The molecule has 0 aliphatic rings. The molecule has 0 bridgehead atoms. The van der Waals surface area contributed by atoms with Gasteiger partial charge in [-0.15, -0.1) is 0 Å². The highest BCUT2D eigenvalue weighted by atomic mass is 32.2. The van der Waals surface area contributed by atoms with Crippen LogP contribution in [0.4, 0.5) is 5.69 Å². The molecule has 114 valence electrons. The molecule has 0 amide bonds. The minimum Gasteiger partial charge on any atom is -0.398 e. The van der Waals surface area contributed by atoms with Crippen molar-refractivity contribution >= 4 is 15.7 Å². The molecule has 0 saturated heterocycles. The maximum atomic E-state index is 12.5. The van der Waals surface area contributed by atoms with E-state index in [0.717, 1.165) is 5.56 Å². The predicted octanol–water partition coefficient (Wildman–Crippen LogP) is 1.87. The molecule has 0 spiro atoms. The average molecular weight is 308 g/mol. The van der Waals surface area contributed by atoms with E-state index in [0.29, 0.717) is 5.69 Å². The van der Waals surface area contributed by atoms with Gasteiger partial charge in [-0.3, -0.25) is 0 Å². The first-order valence-electron chi connectivity index (χ1n) is 6.65. The maximum Gasteiger partial charge on any atom is 0.262 e. The van der Waals surface area contributed by atoms with Crippen LogP contribution in [-0.2, 0) is 16.6 Å². The van der Waals surface area contributed by atoms with Crippen molar-refractivity contribution in [3.63, 3.8) is 0 Å². The van der Waals surface area contributed by atoms with Gasteiger partial charge in [0.2, 0.25) is 0 Å². The Morgan fingerprint density at radius 2 is 2.00 bits per heavy atom. The zero-order valence-electron chi connectivity index (χ0n) is 12.4. The number of anilines is 1. The van der Waals surface area contributed by atoms with E-state index in [2.05, 4.69) is 4.98 Å². The largest absolute Gasteiger partial charge is 0.398 e. The van der Waals surface area contributed by atoms with Gasteiger partial charge in [0, 0.05) is 31.5 Å². The van der Waals surface area contributed by atoms with Gasteiger partial charge in [0.1, 0.15) is 0 Å². The number of imidazole rings is 1. The second-order valence-electron chi connectivity index (χ2n) is 5.21. The van der Waals surface area contributed by atoms with Crippen molar-refractivity contribution in [3.05, 3.63) is 42.4 Å². The lowest BCUT2D eigenvalue weighted by Crippen LogP contribution is -2.27. The highest BCUT2D eigenvalue weighted by Gasteiger charge is 2.24. The lowest BCUT2D eigenvalue weighted by molar-refractivity contribution is 0.464. The Kier molecular flexibility index (Phi) is 4.34. The van der Waals surface area contributed by atoms with Crippen LogP contribution in [-0.4, -0.2) is 29.3 Å². The first-order valence-corrected chi connectivity index (χ1v) is 8.09. The molecule has 2 rings (SSSR count). The summed E-state index contributed by atoms with van der Waals surface area (Å²) >= 11 is 0. The van der Waals surface area contributed by atoms with Crippen molar-refractivity contribution in [1.82, 2.24) is 13.9 Å². The molecular formula is C14H20N4O2S. The number of nitrogen functional groups attached to an aromatic ring is 1. The highest BCUT2D eigenvalue weighted by molar-refractivity contribution is 7.89. The molecule has 2 N–H and O–H groups in total. The third-order valence-corrected chi connectivity index (χ3v) is 4.99. The van der Waals surface area contributed by atoms with Crippen molar-refractivity contribution in [2.75, 3.05) is 12.8 Å². The first-order chi connectivity index (χ1) is 9.82. The van der Waals surface area contributed by atoms with Gasteiger partial charge in [-0.1, -0.05) is 18.2 Å². The number of nitrogens with zero attached hydrogens (tertiary/aromatic N) is 3. The van der Waals surface area contributed by atoms with Gasteiger partial charge in [0.15, 0.2) is 5.03 Å². The van der Waals surface area contributed by atoms with Crippen LogP contribution in [0.25, 0.3) is 0 Å². The Balaban J connectivity index is 2.24. The minimum absolute atomic E-state index is 0.0493. The number of para-hydroxylation sites is 1. The van der Waals surface area contributed by atoms with Crippen LogP contribution in [0.5, 0.6) is 0 Å². The molecule has 1 aromatic carbocycles. The molecule has 1 heterocycles. The molecular weight excluding hydrogens is 288 g/mol. The maximum absolute atomic E-state index is 12.5. The topological polar surface area (TPSA) is 81.2 Å². The van der Waals surface area contributed by atoms with Crippen LogP contribution in [0, 0.1) is 0 Å². The number of sulfonamides is 1. The standard InChI is InChI=1S/C14H20N4O2S/c1-11(2)18-9-14(16-10-18)21(19,20)17(3)8-12-6-4-5-7-13(12)15/h4-7,9-11H,8,15H2,1-3H3. The first kappa shape index (κ1) is 15.5. The summed E-state index contributed by atoms with van der Waals surface area (Å²) in [5, 5.41) is 0.0493. The summed E-state index contributed by atoms with van der Waals surface area (Å²) in [5.41, 5.74) is 7.20. The zero-order valence-corrected chi connectivity index (χ0v) is 13.2. The monoisotopic (exact) mass is 308 g/mol. The lowest BCUT2D eigenvalue weighted by Gasteiger charge is -2.16. The van der Waals surface area contributed by atoms with Gasteiger partial charge >= 0.3 is 0 Å². The molecule has 6 nitrogen and oxygen atoms in total. The quantitative estimate of drug-likeness (QED) is 0.855. The number of hydrogen-bond acceptors (Lipinski definition) is 4.